The van der Waals surface area contributed by atoms with Gasteiger partial charge in [0.05, 0.1) is 6.04 Å². The summed E-state index contributed by atoms with van der Waals surface area (Å²) in [7, 11) is 2.02. The molecule has 1 aliphatic rings. The second-order valence-corrected chi connectivity index (χ2v) is 5.55. The Morgan fingerprint density at radius 1 is 1.64 bits per heavy atom. The van der Waals surface area contributed by atoms with Crippen LogP contribution in [0.4, 0.5) is 0 Å². The van der Waals surface area contributed by atoms with Crippen molar-refractivity contribution < 1.29 is 0 Å². The van der Waals surface area contributed by atoms with E-state index in [1.54, 1.807) is 11.3 Å². The van der Waals surface area contributed by atoms with Gasteiger partial charge in [0.1, 0.15) is 0 Å². The average Bonchev–Trinajstić information content (AvgIpc) is 2.90. The molecule has 1 fully saturated rings. The molecule has 0 aliphatic heterocycles. The van der Waals surface area contributed by atoms with Crippen LogP contribution in [0.1, 0.15) is 23.8 Å². The van der Waals surface area contributed by atoms with Crippen molar-refractivity contribution in [3.8, 4) is 0 Å². The fourth-order valence-electron chi connectivity index (χ4n) is 1.43. The Kier molecular flexibility index (Phi) is 3.60. The van der Waals surface area contributed by atoms with Crippen molar-refractivity contribution in [3.05, 3.63) is 20.8 Å². The first-order valence-electron chi connectivity index (χ1n) is 4.94. The first kappa shape index (κ1) is 10.6. The molecule has 0 radical (unpaired) electrons. The van der Waals surface area contributed by atoms with Gasteiger partial charge in [0, 0.05) is 27.3 Å². The molecular weight excluding hydrogens is 260 g/mol. The highest BCUT2D eigenvalue weighted by atomic mass is 79.9. The highest BCUT2D eigenvalue weighted by Gasteiger charge is 2.22. The third-order valence-electron chi connectivity index (χ3n) is 2.47. The molecule has 78 valence electrons. The molecule has 2 N–H and O–H groups in total. The van der Waals surface area contributed by atoms with Gasteiger partial charge in [-0.15, -0.1) is 11.3 Å². The molecule has 14 heavy (non-hydrogen) atoms. The summed E-state index contributed by atoms with van der Waals surface area (Å²) in [6.45, 7) is 1.04. The minimum Gasteiger partial charge on any atom is -0.312 e. The van der Waals surface area contributed by atoms with Gasteiger partial charge >= 0.3 is 0 Å². The number of hydrogen-bond donors (Lipinski definition) is 2. The van der Waals surface area contributed by atoms with Crippen LogP contribution < -0.4 is 10.6 Å². The Labute approximate surface area is 97.2 Å². The van der Waals surface area contributed by atoms with Crippen LogP contribution in [0.5, 0.6) is 0 Å². The fraction of sp³-hybridized carbons (Fsp3) is 0.600. The van der Waals surface area contributed by atoms with Gasteiger partial charge < -0.3 is 10.6 Å². The molecule has 2 nitrogen and oxygen atoms in total. The zero-order chi connectivity index (χ0) is 9.97. The maximum absolute atomic E-state index is 3.54. The van der Waals surface area contributed by atoms with Crippen LogP contribution in [-0.4, -0.2) is 19.6 Å². The van der Waals surface area contributed by atoms with Crippen LogP contribution in [0.25, 0.3) is 0 Å². The Balaban J connectivity index is 1.90. The first-order chi connectivity index (χ1) is 6.79. The third-order valence-corrected chi connectivity index (χ3v) is 4.27. The molecule has 4 heteroatoms. The quantitative estimate of drug-likeness (QED) is 0.863. The van der Waals surface area contributed by atoms with E-state index in [9.17, 15) is 0 Å². The lowest BCUT2D eigenvalue weighted by Gasteiger charge is -2.14. The molecule has 1 saturated carbocycles. The highest BCUT2D eigenvalue weighted by molar-refractivity contribution is 9.10. The van der Waals surface area contributed by atoms with Gasteiger partial charge in [-0.25, -0.2) is 0 Å². The molecule has 1 atom stereocenters. The molecule has 1 aromatic rings. The highest BCUT2D eigenvalue weighted by Crippen LogP contribution is 2.26. The lowest BCUT2D eigenvalue weighted by atomic mass is 10.2. The van der Waals surface area contributed by atoms with Gasteiger partial charge in [-0.1, -0.05) is 0 Å². The second-order valence-electron chi connectivity index (χ2n) is 3.69. The van der Waals surface area contributed by atoms with E-state index in [1.807, 2.05) is 7.05 Å². The molecule has 2 rings (SSSR count). The maximum Gasteiger partial charge on any atom is 0.0539 e. The van der Waals surface area contributed by atoms with Crippen LogP contribution >= 0.6 is 27.3 Å². The number of rotatable bonds is 5. The molecule has 0 aromatic carbocycles. The third kappa shape index (κ3) is 2.79. The summed E-state index contributed by atoms with van der Waals surface area (Å²) < 4.78 is 1.18. The number of thiophene rings is 1. The second kappa shape index (κ2) is 4.75. The lowest BCUT2D eigenvalue weighted by molar-refractivity contribution is 0.532. The molecule has 0 spiro atoms. The zero-order valence-corrected chi connectivity index (χ0v) is 10.6. The standard InChI is InChI=1S/C10H15BrN2S/c1-12-9(5-13-8-2-3-8)10-4-7(11)6-14-10/h4,6,8-9,12-13H,2-3,5H2,1H3. The first-order valence-corrected chi connectivity index (χ1v) is 6.61. The largest absolute Gasteiger partial charge is 0.312 e. The summed E-state index contributed by atoms with van der Waals surface area (Å²) in [5, 5.41) is 9.02. The van der Waals surface area contributed by atoms with Crippen LogP contribution in [0, 0.1) is 0 Å². The average molecular weight is 275 g/mol. The van der Waals surface area contributed by atoms with Crippen molar-refractivity contribution in [3.63, 3.8) is 0 Å². The van der Waals surface area contributed by atoms with Crippen LogP contribution in [0.15, 0.2) is 15.9 Å². The zero-order valence-electron chi connectivity index (χ0n) is 8.22. The summed E-state index contributed by atoms with van der Waals surface area (Å²) in [4.78, 5) is 1.40. The molecule has 0 amide bonds. The number of likely N-dealkylation sites (N-methyl/N-ethyl adjacent to an activating group) is 1. The SMILES string of the molecule is CNC(CNC1CC1)c1cc(Br)cs1. The van der Waals surface area contributed by atoms with Crippen molar-refractivity contribution in [2.45, 2.75) is 24.9 Å². The van der Waals surface area contributed by atoms with E-state index in [0.29, 0.717) is 6.04 Å². The van der Waals surface area contributed by atoms with E-state index in [1.165, 1.54) is 22.2 Å². The Bertz CT molecular complexity index is 296. The van der Waals surface area contributed by atoms with Crippen molar-refractivity contribution in [2.24, 2.45) is 0 Å². The number of hydrogen-bond acceptors (Lipinski definition) is 3. The lowest BCUT2D eigenvalue weighted by Crippen LogP contribution is -2.30. The van der Waals surface area contributed by atoms with Crippen molar-refractivity contribution in [1.29, 1.82) is 0 Å². The van der Waals surface area contributed by atoms with Gasteiger partial charge in [-0.3, -0.25) is 0 Å². The molecule has 1 aliphatic carbocycles. The van der Waals surface area contributed by atoms with E-state index < -0.39 is 0 Å². The van der Waals surface area contributed by atoms with Gasteiger partial charge in [0.25, 0.3) is 0 Å². The summed E-state index contributed by atoms with van der Waals surface area (Å²) in [6.07, 6.45) is 2.70. The molecular formula is C10H15BrN2S. The van der Waals surface area contributed by atoms with E-state index in [2.05, 4.69) is 38.0 Å². The maximum atomic E-state index is 3.54. The van der Waals surface area contributed by atoms with Crippen molar-refractivity contribution >= 4 is 27.3 Å². The predicted octanol–water partition coefficient (Wildman–Crippen LogP) is 2.52. The smallest absolute Gasteiger partial charge is 0.0539 e. The Morgan fingerprint density at radius 3 is 2.93 bits per heavy atom. The van der Waals surface area contributed by atoms with E-state index in [-0.39, 0.29) is 0 Å². The minimum absolute atomic E-state index is 0.451. The summed E-state index contributed by atoms with van der Waals surface area (Å²) in [6, 6.07) is 3.43. The Hall–Kier alpha value is 0.1000. The van der Waals surface area contributed by atoms with Crippen molar-refractivity contribution in [2.75, 3.05) is 13.6 Å². The summed E-state index contributed by atoms with van der Waals surface area (Å²) >= 11 is 5.29. The van der Waals surface area contributed by atoms with E-state index >= 15 is 0 Å². The molecule has 1 unspecified atom stereocenters. The van der Waals surface area contributed by atoms with E-state index in [4.69, 9.17) is 0 Å². The van der Waals surface area contributed by atoms with Crippen molar-refractivity contribution in [1.82, 2.24) is 10.6 Å². The van der Waals surface area contributed by atoms with E-state index in [0.717, 1.165) is 12.6 Å². The molecule has 0 bridgehead atoms. The predicted molar refractivity (Wildman–Crippen MR) is 64.8 cm³/mol. The van der Waals surface area contributed by atoms with Gasteiger partial charge in [-0.2, -0.15) is 0 Å². The topological polar surface area (TPSA) is 24.1 Å². The van der Waals surface area contributed by atoms with Crippen LogP contribution in [0.3, 0.4) is 0 Å². The molecule has 0 saturated heterocycles. The summed E-state index contributed by atoms with van der Waals surface area (Å²) in [5.74, 6) is 0. The minimum atomic E-state index is 0.451. The number of nitrogens with one attached hydrogen (secondary N) is 2. The van der Waals surface area contributed by atoms with Crippen LogP contribution in [-0.2, 0) is 0 Å². The van der Waals surface area contributed by atoms with Gasteiger partial charge in [0.2, 0.25) is 0 Å². The molecule has 1 aromatic heterocycles. The summed E-state index contributed by atoms with van der Waals surface area (Å²) in [5.41, 5.74) is 0. The fourth-order valence-corrected chi connectivity index (χ4v) is 2.98. The monoisotopic (exact) mass is 274 g/mol. The normalized spacial score (nSPS) is 18.4. The Morgan fingerprint density at radius 2 is 2.43 bits per heavy atom. The van der Waals surface area contributed by atoms with Crippen LogP contribution in [0.2, 0.25) is 0 Å². The number of halogens is 1. The molecule has 1 heterocycles. The van der Waals surface area contributed by atoms with Gasteiger partial charge in [0.15, 0.2) is 0 Å². The van der Waals surface area contributed by atoms with Gasteiger partial charge in [-0.05, 0) is 41.9 Å².